The number of hydrogen-bond acceptors (Lipinski definition) is 2. The summed E-state index contributed by atoms with van der Waals surface area (Å²) in [7, 11) is 0. The Labute approximate surface area is 110 Å². The monoisotopic (exact) mass is 254 g/mol. The van der Waals surface area contributed by atoms with Gasteiger partial charge >= 0.3 is 6.03 Å². The molecule has 0 bridgehead atoms. The zero-order chi connectivity index (χ0) is 13.2. The third-order valence-electron chi connectivity index (χ3n) is 3.24. The Morgan fingerprint density at radius 1 is 1.44 bits per heavy atom. The van der Waals surface area contributed by atoms with Gasteiger partial charge in [-0.2, -0.15) is 0 Å². The van der Waals surface area contributed by atoms with Gasteiger partial charge in [0.1, 0.15) is 0 Å². The van der Waals surface area contributed by atoms with Crippen molar-refractivity contribution in [2.45, 2.75) is 58.0 Å². The topological polar surface area (TPSA) is 61.4 Å². The van der Waals surface area contributed by atoms with Crippen LogP contribution in [-0.4, -0.2) is 30.3 Å². The average Bonchev–Trinajstić information content (AvgIpc) is 2.38. The minimum absolute atomic E-state index is 0.179. The van der Waals surface area contributed by atoms with E-state index in [1.165, 1.54) is 31.3 Å². The van der Waals surface area contributed by atoms with Crippen molar-refractivity contribution in [1.82, 2.24) is 10.6 Å². The molecule has 0 saturated heterocycles. The molecule has 0 aromatic heterocycles. The normalized spacial score (nSPS) is 16.9. The summed E-state index contributed by atoms with van der Waals surface area (Å²) in [6.07, 6.45) is 9.42. The van der Waals surface area contributed by atoms with Gasteiger partial charge in [-0.25, -0.2) is 4.79 Å². The number of urea groups is 1. The van der Waals surface area contributed by atoms with Gasteiger partial charge in [-0.05, 0) is 38.5 Å². The smallest absolute Gasteiger partial charge is 0.314 e. The fourth-order valence-corrected chi connectivity index (χ4v) is 2.18. The highest BCUT2D eigenvalue weighted by atomic mass is 16.3. The molecule has 3 N–H and O–H groups in total. The molecule has 0 heterocycles. The Bertz CT molecular complexity index is 277. The lowest BCUT2D eigenvalue weighted by atomic mass is 9.97. The molecule has 0 fully saturated rings. The Hall–Kier alpha value is -1.03. The van der Waals surface area contributed by atoms with E-state index in [0.29, 0.717) is 13.1 Å². The van der Waals surface area contributed by atoms with E-state index >= 15 is 0 Å². The second-order valence-corrected chi connectivity index (χ2v) is 4.94. The molecule has 0 aromatic rings. The van der Waals surface area contributed by atoms with Gasteiger partial charge < -0.3 is 15.7 Å². The van der Waals surface area contributed by atoms with E-state index in [9.17, 15) is 9.90 Å². The fraction of sp³-hybridized carbons (Fsp3) is 0.786. The van der Waals surface area contributed by atoms with Crippen LogP contribution in [0.15, 0.2) is 11.6 Å². The molecule has 18 heavy (non-hydrogen) atoms. The third kappa shape index (κ3) is 6.64. The lowest BCUT2D eigenvalue weighted by Gasteiger charge is -2.14. The van der Waals surface area contributed by atoms with Gasteiger partial charge in [-0.1, -0.05) is 25.0 Å². The van der Waals surface area contributed by atoms with Gasteiger partial charge in [0.2, 0.25) is 0 Å². The number of allylic oxidation sites excluding steroid dienone is 1. The van der Waals surface area contributed by atoms with Gasteiger partial charge in [-0.15, -0.1) is 0 Å². The highest BCUT2D eigenvalue weighted by Crippen LogP contribution is 2.19. The van der Waals surface area contributed by atoms with Crippen LogP contribution in [0.2, 0.25) is 0 Å². The van der Waals surface area contributed by atoms with Gasteiger partial charge in [0.05, 0.1) is 6.10 Å². The maximum absolute atomic E-state index is 11.4. The first kappa shape index (κ1) is 15.0. The summed E-state index contributed by atoms with van der Waals surface area (Å²) in [6.45, 7) is 3.03. The largest absolute Gasteiger partial charge is 0.391 e. The second kappa shape index (κ2) is 8.97. The number of hydrogen-bond donors (Lipinski definition) is 3. The Kier molecular flexibility index (Phi) is 7.49. The predicted octanol–water partition coefficient (Wildman–Crippen LogP) is 2.34. The number of carbonyl (C=O) groups is 1. The summed E-state index contributed by atoms with van der Waals surface area (Å²) in [5.74, 6) is 0. The molecular weight excluding hydrogens is 228 g/mol. The summed E-state index contributed by atoms with van der Waals surface area (Å²) >= 11 is 0. The van der Waals surface area contributed by atoms with Gasteiger partial charge in [0.25, 0.3) is 0 Å². The Balaban J connectivity index is 2.04. The summed E-state index contributed by atoms with van der Waals surface area (Å²) in [6, 6.07) is -0.179. The highest BCUT2D eigenvalue weighted by Gasteiger charge is 2.06. The van der Waals surface area contributed by atoms with Crippen LogP contribution in [0.4, 0.5) is 4.79 Å². The van der Waals surface area contributed by atoms with Crippen LogP contribution in [-0.2, 0) is 0 Å². The number of rotatable bonds is 7. The van der Waals surface area contributed by atoms with Crippen molar-refractivity contribution >= 4 is 6.03 Å². The fourth-order valence-electron chi connectivity index (χ4n) is 2.18. The van der Waals surface area contributed by atoms with E-state index in [2.05, 4.69) is 16.7 Å². The van der Waals surface area contributed by atoms with E-state index in [4.69, 9.17) is 0 Å². The molecule has 4 nitrogen and oxygen atoms in total. The van der Waals surface area contributed by atoms with Crippen molar-refractivity contribution in [1.29, 1.82) is 0 Å². The molecule has 1 unspecified atom stereocenters. The zero-order valence-electron chi connectivity index (χ0n) is 11.4. The van der Waals surface area contributed by atoms with Crippen LogP contribution in [0.25, 0.3) is 0 Å². The van der Waals surface area contributed by atoms with Gasteiger partial charge in [0, 0.05) is 13.1 Å². The summed E-state index contributed by atoms with van der Waals surface area (Å²) in [5.41, 5.74) is 1.47. The SMILES string of the molecule is CCCC(O)CNC(=O)NCCC1=CCCCC1. The molecular formula is C14H26N2O2. The standard InChI is InChI=1S/C14H26N2O2/c1-2-6-13(17)11-16-14(18)15-10-9-12-7-4-3-5-8-12/h7,13,17H,2-6,8-11H2,1H3,(H2,15,16,18). The third-order valence-corrected chi connectivity index (χ3v) is 3.24. The first-order chi connectivity index (χ1) is 8.72. The van der Waals surface area contributed by atoms with Crippen molar-refractivity contribution in [3.63, 3.8) is 0 Å². The van der Waals surface area contributed by atoms with Crippen LogP contribution in [0, 0.1) is 0 Å². The second-order valence-electron chi connectivity index (χ2n) is 4.94. The molecule has 4 heteroatoms. The van der Waals surface area contributed by atoms with Crippen molar-refractivity contribution in [3.05, 3.63) is 11.6 Å². The van der Waals surface area contributed by atoms with Crippen LogP contribution < -0.4 is 10.6 Å². The molecule has 0 saturated carbocycles. The predicted molar refractivity (Wildman–Crippen MR) is 73.5 cm³/mol. The Morgan fingerprint density at radius 2 is 2.28 bits per heavy atom. The van der Waals surface area contributed by atoms with E-state index in [0.717, 1.165) is 19.3 Å². The number of amides is 2. The minimum atomic E-state index is -0.429. The maximum atomic E-state index is 11.4. The molecule has 1 aliphatic carbocycles. The van der Waals surface area contributed by atoms with Crippen molar-refractivity contribution in [2.75, 3.05) is 13.1 Å². The molecule has 1 atom stereocenters. The maximum Gasteiger partial charge on any atom is 0.314 e. The first-order valence-electron chi connectivity index (χ1n) is 7.10. The summed E-state index contributed by atoms with van der Waals surface area (Å²) < 4.78 is 0. The van der Waals surface area contributed by atoms with Crippen LogP contribution in [0.1, 0.15) is 51.9 Å². The molecule has 0 spiro atoms. The average molecular weight is 254 g/mol. The summed E-state index contributed by atoms with van der Waals surface area (Å²) in [5, 5.41) is 15.0. The Morgan fingerprint density at radius 3 is 2.94 bits per heavy atom. The number of nitrogens with one attached hydrogen (secondary N) is 2. The van der Waals surface area contributed by atoms with Crippen molar-refractivity contribution < 1.29 is 9.90 Å². The molecule has 0 radical (unpaired) electrons. The molecule has 0 aromatic carbocycles. The van der Waals surface area contributed by atoms with Crippen LogP contribution in [0.5, 0.6) is 0 Å². The van der Waals surface area contributed by atoms with Gasteiger partial charge in [0.15, 0.2) is 0 Å². The zero-order valence-corrected chi connectivity index (χ0v) is 11.4. The van der Waals surface area contributed by atoms with E-state index < -0.39 is 6.10 Å². The van der Waals surface area contributed by atoms with Crippen molar-refractivity contribution in [3.8, 4) is 0 Å². The molecule has 1 rings (SSSR count). The van der Waals surface area contributed by atoms with E-state index in [-0.39, 0.29) is 6.03 Å². The number of carbonyl (C=O) groups excluding carboxylic acids is 1. The lowest BCUT2D eigenvalue weighted by molar-refractivity contribution is 0.160. The van der Waals surface area contributed by atoms with Crippen LogP contribution in [0.3, 0.4) is 0 Å². The molecule has 2 amide bonds. The molecule has 1 aliphatic rings. The number of aliphatic hydroxyl groups excluding tert-OH is 1. The molecule has 0 aliphatic heterocycles. The highest BCUT2D eigenvalue weighted by molar-refractivity contribution is 5.73. The minimum Gasteiger partial charge on any atom is -0.391 e. The van der Waals surface area contributed by atoms with E-state index in [1.807, 2.05) is 6.92 Å². The van der Waals surface area contributed by atoms with E-state index in [1.54, 1.807) is 0 Å². The number of aliphatic hydroxyl groups is 1. The molecule has 104 valence electrons. The first-order valence-corrected chi connectivity index (χ1v) is 7.10. The van der Waals surface area contributed by atoms with Crippen LogP contribution >= 0.6 is 0 Å². The quantitative estimate of drug-likeness (QED) is 0.611. The van der Waals surface area contributed by atoms with Crippen molar-refractivity contribution in [2.24, 2.45) is 0 Å². The summed E-state index contributed by atoms with van der Waals surface area (Å²) in [4.78, 5) is 11.4. The lowest BCUT2D eigenvalue weighted by Crippen LogP contribution is -2.40. The van der Waals surface area contributed by atoms with Gasteiger partial charge in [-0.3, -0.25) is 0 Å².